The van der Waals surface area contributed by atoms with Crippen molar-refractivity contribution in [2.24, 2.45) is 0 Å². The fraction of sp³-hybridized carbons (Fsp3) is 0.412. The first-order valence-corrected chi connectivity index (χ1v) is 8.28. The van der Waals surface area contributed by atoms with E-state index in [0.717, 1.165) is 47.9 Å². The van der Waals surface area contributed by atoms with Crippen LogP contribution in [0.25, 0.3) is 0 Å². The van der Waals surface area contributed by atoms with Crippen molar-refractivity contribution in [3.63, 3.8) is 0 Å². The number of carbonyl (C=O) groups is 1. The van der Waals surface area contributed by atoms with Crippen molar-refractivity contribution in [3.05, 3.63) is 46.0 Å². The average molecular weight is 300 g/mol. The number of hydrogen-bond acceptors (Lipinski definition) is 4. The minimum atomic E-state index is 0.287. The monoisotopic (exact) mass is 300 g/mol. The van der Waals surface area contributed by atoms with Crippen LogP contribution in [-0.2, 0) is 13.0 Å². The van der Waals surface area contributed by atoms with Gasteiger partial charge in [-0.3, -0.25) is 4.79 Å². The van der Waals surface area contributed by atoms with Gasteiger partial charge in [-0.05, 0) is 29.9 Å². The van der Waals surface area contributed by atoms with Crippen molar-refractivity contribution in [3.8, 4) is 0 Å². The Balaban J connectivity index is 1.92. The first-order chi connectivity index (χ1) is 10.2. The largest absolute Gasteiger partial charge is 0.344 e. The molecule has 0 bridgehead atoms. The Kier molecular flexibility index (Phi) is 4.06. The Bertz CT molecular complexity index is 648. The smallest absolute Gasteiger partial charge is 0.186 e. The number of carbonyl (C=O) groups excluding carboxylic acids is 1. The van der Waals surface area contributed by atoms with Gasteiger partial charge >= 0.3 is 0 Å². The first kappa shape index (κ1) is 14.3. The number of benzene rings is 1. The Labute approximate surface area is 129 Å². The van der Waals surface area contributed by atoms with Crippen molar-refractivity contribution < 1.29 is 4.79 Å². The van der Waals surface area contributed by atoms with Gasteiger partial charge in [-0.2, -0.15) is 0 Å². The van der Waals surface area contributed by atoms with Gasteiger partial charge in [0.1, 0.15) is 0 Å². The maximum absolute atomic E-state index is 11.2. The van der Waals surface area contributed by atoms with E-state index in [0.29, 0.717) is 0 Å². The zero-order chi connectivity index (χ0) is 14.8. The lowest BCUT2D eigenvalue weighted by atomic mass is 10.0. The van der Waals surface area contributed by atoms with E-state index in [2.05, 4.69) is 43.0 Å². The summed E-state index contributed by atoms with van der Waals surface area (Å²) >= 11 is 1.53. The highest BCUT2D eigenvalue weighted by molar-refractivity contribution is 7.17. The molecule has 21 heavy (non-hydrogen) atoms. The summed E-state index contributed by atoms with van der Waals surface area (Å²) in [6.07, 6.45) is 3.20. The van der Waals surface area contributed by atoms with Gasteiger partial charge < -0.3 is 4.90 Å². The molecule has 2 aromatic rings. The Hall–Kier alpha value is -1.68. The van der Waals surface area contributed by atoms with E-state index in [1.54, 1.807) is 0 Å². The molecule has 0 saturated heterocycles. The van der Waals surface area contributed by atoms with Gasteiger partial charge in [-0.15, -0.1) is 0 Å². The molecule has 3 nitrogen and oxygen atoms in total. The van der Waals surface area contributed by atoms with Gasteiger partial charge in [0, 0.05) is 13.1 Å². The highest BCUT2D eigenvalue weighted by Crippen LogP contribution is 2.32. The van der Waals surface area contributed by atoms with Gasteiger partial charge in [0.25, 0.3) is 0 Å². The van der Waals surface area contributed by atoms with Crippen LogP contribution in [0, 0.1) is 0 Å². The molecular formula is C17H20N2OS. The normalized spacial score (nSPS) is 14.9. The highest BCUT2D eigenvalue weighted by Gasteiger charge is 2.20. The van der Waals surface area contributed by atoms with Crippen molar-refractivity contribution in [1.29, 1.82) is 0 Å². The van der Waals surface area contributed by atoms with E-state index in [4.69, 9.17) is 4.98 Å². The maximum Gasteiger partial charge on any atom is 0.186 e. The first-order valence-electron chi connectivity index (χ1n) is 7.46. The van der Waals surface area contributed by atoms with Gasteiger partial charge in [0.2, 0.25) is 0 Å². The summed E-state index contributed by atoms with van der Waals surface area (Å²) in [5, 5.41) is 0.984. The van der Waals surface area contributed by atoms with Crippen LogP contribution in [0.4, 0.5) is 5.13 Å². The molecule has 0 N–H and O–H groups in total. The van der Waals surface area contributed by atoms with Crippen molar-refractivity contribution >= 4 is 22.8 Å². The summed E-state index contributed by atoms with van der Waals surface area (Å²) in [6, 6.07) is 8.63. The molecule has 1 aliphatic heterocycles. The molecule has 0 atom stereocenters. The molecule has 0 fully saturated rings. The number of hydrogen-bond donors (Lipinski definition) is 0. The minimum Gasteiger partial charge on any atom is -0.344 e. The van der Waals surface area contributed by atoms with Gasteiger partial charge in [0.15, 0.2) is 11.4 Å². The average Bonchev–Trinajstić information content (AvgIpc) is 2.81. The molecule has 0 amide bonds. The van der Waals surface area contributed by atoms with Crippen molar-refractivity contribution in [1.82, 2.24) is 4.98 Å². The molecule has 1 aromatic heterocycles. The molecule has 110 valence electrons. The summed E-state index contributed by atoms with van der Waals surface area (Å²) in [4.78, 5) is 19.1. The lowest BCUT2D eigenvalue weighted by Gasteiger charge is -2.19. The quantitative estimate of drug-likeness (QED) is 0.802. The number of nitrogens with zero attached hydrogens (tertiary/aromatic N) is 2. The fourth-order valence-corrected chi connectivity index (χ4v) is 3.89. The van der Waals surface area contributed by atoms with E-state index in [-0.39, 0.29) is 5.92 Å². The molecule has 0 radical (unpaired) electrons. The topological polar surface area (TPSA) is 33.2 Å². The lowest BCUT2D eigenvalue weighted by molar-refractivity contribution is 0.112. The second-order valence-electron chi connectivity index (χ2n) is 5.81. The van der Waals surface area contributed by atoms with Crippen LogP contribution in [0.1, 0.15) is 52.7 Å². The van der Waals surface area contributed by atoms with Crippen molar-refractivity contribution in [2.75, 3.05) is 11.4 Å². The minimum absolute atomic E-state index is 0.287. The summed E-state index contributed by atoms with van der Waals surface area (Å²) in [6.45, 7) is 6.06. The van der Waals surface area contributed by atoms with Crippen LogP contribution in [0.3, 0.4) is 0 Å². The zero-order valence-corrected chi connectivity index (χ0v) is 13.3. The van der Waals surface area contributed by atoms with Crippen molar-refractivity contribution in [2.45, 2.75) is 39.2 Å². The number of aldehydes is 1. The van der Waals surface area contributed by atoms with E-state index >= 15 is 0 Å². The number of thiazole rings is 1. The SMILES string of the molecule is CC(C)c1nc(N2CCCc3ccccc3C2)sc1C=O. The molecular weight excluding hydrogens is 280 g/mol. The molecule has 0 spiro atoms. The summed E-state index contributed by atoms with van der Waals surface area (Å²) < 4.78 is 0. The number of rotatable bonds is 3. The molecule has 2 heterocycles. The molecule has 3 rings (SSSR count). The van der Waals surface area contributed by atoms with Crippen LogP contribution < -0.4 is 4.90 Å². The Morgan fingerprint density at radius 1 is 1.29 bits per heavy atom. The predicted molar refractivity (Wildman–Crippen MR) is 87.4 cm³/mol. The van der Waals surface area contributed by atoms with Crippen LogP contribution in [0.5, 0.6) is 0 Å². The Morgan fingerprint density at radius 2 is 2.05 bits per heavy atom. The molecule has 0 unspecified atom stereocenters. The van der Waals surface area contributed by atoms with Crippen LogP contribution in [0.15, 0.2) is 24.3 Å². The zero-order valence-electron chi connectivity index (χ0n) is 12.5. The van der Waals surface area contributed by atoms with Crippen LogP contribution in [-0.4, -0.2) is 17.8 Å². The third-order valence-corrected chi connectivity index (χ3v) is 5.01. The molecule has 0 saturated carbocycles. The fourth-order valence-electron chi connectivity index (χ4n) is 2.83. The second kappa shape index (κ2) is 5.98. The van der Waals surface area contributed by atoms with Crippen LogP contribution >= 0.6 is 11.3 Å². The summed E-state index contributed by atoms with van der Waals surface area (Å²) in [7, 11) is 0. The maximum atomic E-state index is 11.2. The third-order valence-electron chi connectivity index (χ3n) is 3.95. The predicted octanol–water partition coefficient (Wildman–Crippen LogP) is 4.03. The highest BCUT2D eigenvalue weighted by atomic mass is 32.1. The van der Waals surface area contributed by atoms with E-state index < -0.39 is 0 Å². The van der Waals surface area contributed by atoms with E-state index in [9.17, 15) is 4.79 Å². The lowest BCUT2D eigenvalue weighted by Crippen LogP contribution is -2.22. The second-order valence-corrected chi connectivity index (χ2v) is 6.82. The summed E-state index contributed by atoms with van der Waals surface area (Å²) in [5.41, 5.74) is 3.75. The van der Waals surface area contributed by atoms with Gasteiger partial charge in [-0.1, -0.05) is 49.4 Å². The third kappa shape index (κ3) is 2.86. The molecule has 1 aromatic carbocycles. The standard InChI is InChI=1S/C17H20N2OS/c1-12(2)16-15(11-20)21-17(18-16)19-9-5-8-13-6-3-4-7-14(13)10-19/h3-4,6-7,11-12H,5,8-10H2,1-2H3. The molecule has 1 aliphatic rings. The van der Waals surface area contributed by atoms with E-state index in [1.807, 2.05) is 0 Å². The number of fused-ring (bicyclic) bond motifs is 1. The summed E-state index contributed by atoms with van der Waals surface area (Å²) in [5.74, 6) is 0.287. The van der Waals surface area contributed by atoms with Gasteiger partial charge in [0.05, 0.1) is 10.6 Å². The number of aryl methyl sites for hydroxylation is 1. The Morgan fingerprint density at radius 3 is 2.71 bits per heavy atom. The number of anilines is 1. The molecule has 0 aliphatic carbocycles. The molecule has 4 heteroatoms. The van der Waals surface area contributed by atoms with Crippen LogP contribution in [0.2, 0.25) is 0 Å². The van der Waals surface area contributed by atoms with Gasteiger partial charge in [-0.25, -0.2) is 4.98 Å². The van der Waals surface area contributed by atoms with E-state index in [1.165, 1.54) is 22.5 Å². The number of aromatic nitrogens is 1.